The summed E-state index contributed by atoms with van der Waals surface area (Å²) in [6.45, 7) is 7.77. The van der Waals surface area contributed by atoms with Gasteiger partial charge in [0.2, 0.25) is 0 Å². The zero-order valence-corrected chi connectivity index (χ0v) is 13.7. The molecule has 3 aromatic rings. The van der Waals surface area contributed by atoms with Crippen molar-refractivity contribution in [3.05, 3.63) is 65.5 Å². The van der Waals surface area contributed by atoms with Crippen LogP contribution >= 0.6 is 0 Å². The van der Waals surface area contributed by atoms with Crippen LogP contribution < -0.4 is 0 Å². The Kier molecular flexibility index (Phi) is 4.28. The molecule has 0 unspecified atom stereocenters. The van der Waals surface area contributed by atoms with Crippen LogP contribution in [0.25, 0.3) is 11.0 Å². The van der Waals surface area contributed by atoms with Crippen molar-refractivity contribution < 1.29 is 0 Å². The minimum absolute atomic E-state index is 0.701. The minimum atomic E-state index is 0.701. The second kappa shape index (κ2) is 6.35. The Morgan fingerprint density at radius 2 is 1.73 bits per heavy atom. The fourth-order valence-electron chi connectivity index (χ4n) is 2.88. The van der Waals surface area contributed by atoms with Gasteiger partial charge in [0.25, 0.3) is 0 Å². The predicted octanol–water partition coefficient (Wildman–Crippen LogP) is 4.98. The molecule has 0 aliphatic heterocycles. The largest absolute Gasteiger partial charge is 0.328 e. The summed E-state index contributed by atoms with van der Waals surface area (Å²) in [5.74, 6) is 1.88. The summed E-state index contributed by atoms with van der Waals surface area (Å²) < 4.78 is 2.40. The van der Waals surface area contributed by atoms with Crippen molar-refractivity contribution in [2.45, 2.75) is 40.2 Å². The van der Waals surface area contributed by atoms with E-state index >= 15 is 0 Å². The van der Waals surface area contributed by atoms with Crippen molar-refractivity contribution in [1.82, 2.24) is 9.55 Å². The topological polar surface area (TPSA) is 17.8 Å². The Morgan fingerprint density at radius 1 is 1.00 bits per heavy atom. The monoisotopic (exact) mass is 292 g/mol. The maximum Gasteiger partial charge on any atom is 0.114 e. The van der Waals surface area contributed by atoms with Gasteiger partial charge in [-0.05, 0) is 42.5 Å². The summed E-state index contributed by atoms with van der Waals surface area (Å²) in [5, 5.41) is 0. The van der Waals surface area contributed by atoms with Crippen molar-refractivity contribution in [2.75, 3.05) is 0 Å². The van der Waals surface area contributed by atoms with E-state index in [1.807, 2.05) is 0 Å². The Balaban J connectivity index is 2.00. The summed E-state index contributed by atoms with van der Waals surface area (Å²) in [7, 11) is 0. The Hall–Kier alpha value is -2.09. The predicted molar refractivity (Wildman–Crippen MR) is 93.2 cm³/mol. The van der Waals surface area contributed by atoms with Crippen molar-refractivity contribution in [3.8, 4) is 0 Å². The summed E-state index contributed by atoms with van der Waals surface area (Å²) in [5.41, 5.74) is 5.06. The average Bonchev–Trinajstić information content (AvgIpc) is 2.85. The quantitative estimate of drug-likeness (QED) is 0.648. The molecule has 0 atom stereocenters. The van der Waals surface area contributed by atoms with Gasteiger partial charge in [-0.2, -0.15) is 0 Å². The van der Waals surface area contributed by atoms with Gasteiger partial charge in [-0.15, -0.1) is 0 Å². The highest BCUT2D eigenvalue weighted by molar-refractivity contribution is 5.76. The zero-order valence-electron chi connectivity index (χ0n) is 13.7. The van der Waals surface area contributed by atoms with Crippen molar-refractivity contribution >= 4 is 11.0 Å². The van der Waals surface area contributed by atoms with Gasteiger partial charge in [0.15, 0.2) is 0 Å². The molecule has 0 spiro atoms. The Bertz CT molecular complexity index is 768. The van der Waals surface area contributed by atoms with Gasteiger partial charge >= 0.3 is 0 Å². The molecule has 2 aromatic carbocycles. The van der Waals surface area contributed by atoms with E-state index in [9.17, 15) is 0 Å². The number of fused-ring (bicyclic) bond motifs is 1. The van der Waals surface area contributed by atoms with Crippen molar-refractivity contribution in [3.63, 3.8) is 0 Å². The lowest BCUT2D eigenvalue weighted by molar-refractivity contribution is 0.514. The molecule has 1 aromatic heterocycles. The van der Waals surface area contributed by atoms with E-state index in [1.165, 1.54) is 28.9 Å². The van der Waals surface area contributed by atoms with Crippen LogP contribution in [-0.2, 0) is 13.0 Å². The molecule has 0 saturated heterocycles. The van der Waals surface area contributed by atoms with Crippen molar-refractivity contribution in [2.24, 2.45) is 5.92 Å². The standard InChI is InChI=1S/C20H24N2/c1-15(2)12-13-22-19-11-7-6-10-18(19)21-20(22)14-17-9-5-4-8-16(17)3/h4-11,15H,12-14H2,1-3H3. The molecule has 0 saturated carbocycles. The highest BCUT2D eigenvalue weighted by Gasteiger charge is 2.12. The van der Waals surface area contributed by atoms with E-state index < -0.39 is 0 Å². The van der Waals surface area contributed by atoms with E-state index in [0.29, 0.717) is 5.92 Å². The molecule has 0 N–H and O–H groups in total. The lowest BCUT2D eigenvalue weighted by Gasteiger charge is -2.12. The number of imidazole rings is 1. The SMILES string of the molecule is Cc1ccccc1Cc1nc2ccccc2n1CCC(C)C. The molecule has 22 heavy (non-hydrogen) atoms. The molecule has 0 aliphatic rings. The Morgan fingerprint density at radius 3 is 2.50 bits per heavy atom. The molecule has 3 rings (SSSR count). The van der Waals surface area contributed by atoms with Crippen molar-refractivity contribution in [1.29, 1.82) is 0 Å². The van der Waals surface area contributed by atoms with E-state index in [2.05, 4.69) is 73.9 Å². The molecule has 0 aliphatic carbocycles. The second-order valence-corrected chi connectivity index (χ2v) is 6.45. The van der Waals surface area contributed by atoms with Gasteiger partial charge in [0, 0.05) is 13.0 Å². The molecule has 2 heteroatoms. The van der Waals surface area contributed by atoms with E-state index in [0.717, 1.165) is 18.5 Å². The number of aromatic nitrogens is 2. The van der Waals surface area contributed by atoms with Crippen LogP contribution in [0.3, 0.4) is 0 Å². The first-order chi connectivity index (χ1) is 10.6. The van der Waals surface area contributed by atoms with E-state index in [4.69, 9.17) is 4.98 Å². The third kappa shape index (κ3) is 3.06. The van der Waals surface area contributed by atoms with E-state index in [-0.39, 0.29) is 0 Å². The highest BCUT2D eigenvalue weighted by Crippen LogP contribution is 2.21. The number of para-hydroxylation sites is 2. The molecule has 2 nitrogen and oxygen atoms in total. The molecule has 114 valence electrons. The summed E-state index contributed by atoms with van der Waals surface area (Å²) in [4.78, 5) is 4.89. The maximum absolute atomic E-state index is 4.89. The van der Waals surface area contributed by atoms with Crippen LogP contribution in [0.4, 0.5) is 0 Å². The summed E-state index contributed by atoms with van der Waals surface area (Å²) in [6, 6.07) is 17.1. The lowest BCUT2D eigenvalue weighted by Crippen LogP contribution is -2.07. The van der Waals surface area contributed by atoms with Crippen LogP contribution in [0.1, 0.15) is 37.2 Å². The summed E-state index contributed by atoms with van der Waals surface area (Å²) in [6.07, 6.45) is 2.08. The Labute approximate surface area is 132 Å². The van der Waals surface area contributed by atoms with Crippen LogP contribution in [0, 0.1) is 12.8 Å². The fourth-order valence-corrected chi connectivity index (χ4v) is 2.88. The zero-order chi connectivity index (χ0) is 15.5. The first-order valence-corrected chi connectivity index (χ1v) is 8.14. The number of hydrogen-bond donors (Lipinski definition) is 0. The smallest absolute Gasteiger partial charge is 0.114 e. The lowest BCUT2D eigenvalue weighted by atomic mass is 10.1. The molecule has 0 fully saturated rings. The number of benzene rings is 2. The van der Waals surface area contributed by atoms with Gasteiger partial charge < -0.3 is 4.57 Å². The van der Waals surface area contributed by atoms with E-state index in [1.54, 1.807) is 0 Å². The first-order valence-electron chi connectivity index (χ1n) is 8.14. The van der Waals surface area contributed by atoms with Gasteiger partial charge in [0.1, 0.15) is 5.82 Å². The van der Waals surface area contributed by atoms with Crippen LogP contribution in [0.15, 0.2) is 48.5 Å². The fraction of sp³-hybridized carbons (Fsp3) is 0.350. The third-order valence-electron chi connectivity index (χ3n) is 4.27. The second-order valence-electron chi connectivity index (χ2n) is 6.45. The highest BCUT2D eigenvalue weighted by atomic mass is 15.1. The van der Waals surface area contributed by atoms with Gasteiger partial charge in [0.05, 0.1) is 11.0 Å². The maximum atomic E-state index is 4.89. The number of aryl methyl sites for hydroxylation is 2. The average molecular weight is 292 g/mol. The molecule has 0 radical (unpaired) electrons. The van der Waals surface area contributed by atoms with Gasteiger partial charge in [-0.3, -0.25) is 0 Å². The van der Waals surface area contributed by atoms with Crippen LogP contribution in [0.5, 0.6) is 0 Å². The number of hydrogen-bond acceptors (Lipinski definition) is 1. The van der Waals surface area contributed by atoms with Crippen LogP contribution in [0.2, 0.25) is 0 Å². The first kappa shape index (κ1) is 14.8. The minimum Gasteiger partial charge on any atom is -0.328 e. The number of nitrogens with zero attached hydrogens (tertiary/aromatic N) is 2. The third-order valence-corrected chi connectivity index (χ3v) is 4.27. The molecular weight excluding hydrogens is 268 g/mol. The summed E-state index contributed by atoms with van der Waals surface area (Å²) >= 11 is 0. The molecule has 0 bridgehead atoms. The molecule has 1 heterocycles. The normalized spacial score (nSPS) is 11.5. The van der Waals surface area contributed by atoms with Gasteiger partial charge in [-0.1, -0.05) is 50.2 Å². The van der Waals surface area contributed by atoms with Crippen LogP contribution in [-0.4, -0.2) is 9.55 Å². The number of rotatable bonds is 5. The molecular formula is C20H24N2. The van der Waals surface area contributed by atoms with Gasteiger partial charge in [-0.25, -0.2) is 4.98 Å². The molecule has 0 amide bonds.